The van der Waals surface area contributed by atoms with E-state index >= 15 is 0 Å². The normalized spacial score (nSPS) is 10.4. The van der Waals surface area contributed by atoms with Crippen molar-refractivity contribution in [1.82, 2.24) is 9.97 Å². The lowest BCUT2D eigenvalue weighted by atomic mass is 10.3. The van der Waals surface area contributed by atoms with E-state index in [-0.39, 0.29) is 11.1 Å². The van der Waals surface area contributed by atoms with E-state index in [1.165, 1.54) is 23.1 Å². The molecule has 1 aromatic heterocycles. The third-order valence-electron chi connectivity index (χ3n) is 2.21. The van der Waals surface area contributed by atoms with Crippen LogP contribution in [0.3, 0.4) is 0 Å². The van der Waals surface area contributed by atoms with Crippen molar-refractivity contribution in [2.75, 3.05) is 11.9 Å². The van der Waals surface area contributed by atoms with Crippen molar-refractivity contribution in [2.45, 2.75) is 0 Å². The fraction of sp³-hybridized carbons (Fsp3) is 0.0909. The number of aromatic nitrogens is 2. The van der Waals surface area contributed by atoms with Crippen LogP contribution in [0.1, 0.15) is 0 Å². The number of halogens is 3. The van der Waals surface area contributed by atoms with Gasteiger partial charge in [-0.3, -0.25) is 0 Å². The molecular weight excluding hydrogens is 248 g/mol. The topological polar surface area (TPSA) is 29.0 Å². The highest BCUT2D eigenvalue weighted by molar-refractivity contribution is 6.28. The molecule has 0 atom stereocenters. The van der Waals surface area contributed by atoms with Gasteiger partial charge in [-0.15, -0.1) is 0 Å². The molecule has 2 aromatic rings. The molecule has 0 unspecified atom stereocenters. The standard InChI is InChI=1S/C11H8ClF2N3/c1-17(8-4-2-3-7(13)5-8)10-9(14)6-15-11(12)16-10/h2-6H,1H3. The average Bonchev–Trinajstić information content (AvgIpc) is 2.31. The molecule has 0 spiro atoms. The molecule has 1 heterocycles. The first kappa shape index (κ1) is 11.7. The molecule has 0 saturated heterocycles. The van der Waals surface area contributed by atoms with Gasteiger partial charge in [0.1, 0.15) is 5.82 Å². The monoisotopic (exact) mass is 255 g/mol. The molecular formula is C11H8ClF2N3. The Balaban J connectivity index is 2.43. The first-order chi connectivity index (χ1) is 8.08. The van der Waals surface area contributed by atoms with Gasteiger partial charge < -0.3 is 4.90 Å². The van der Waals surface area contributed by atoms with Crippen LogP contribution in [0, 0.1) is 11.6 Å². The average molecular weight is 256 g/mol. The highest BCUT2D eigenvalue weighted by Crippen LogP contribution is 2.25. The Morgan fingerprint density at radius 1 is 1.29 bits per heavy atom. The number of rotatable bonds is 2. The number of hydrogen-bond donors (Lipinski definition) is 0. The Hall–Kier alpha value is -1.75. The first-order valence-electron chi connectivity index (χ1n) is 4.75. The summed E-state index contributed by atoms with van der Waals surface area (Å²) in [7, 11) is 1.57. The van der Waals surface area contributed by atoms with Crippen LogP contribution in [0.4, 0.5) is 20.3 Å². The fourth-order valence-corrected chi connectivity index (χ4v) is 1.51. The molecule has 17 heavy (non-hydrogen) atoms. The van der Waals surface area contributed by atoms with Gasteiger partial charge in [0.05, 0.1) is 6.20 Å². The van der Waals surface area contributed by atoms with E-state index in [9.17, 15) is 8.78 Å². The van der Waals surface area contributed by atoms with Crippen molar-refractivity contribution < 1.29 is 8.78 Å². The second kappa shape index (κ2) is 4.63. The number of anilines is 2. The third-order valence-corrected chi connectivity index (χ3v) is 2.39. The van der Waals surface area contributed by atoms with E-state index in [1.807, 2.05) is 0 Å². The van der Waals surface area contributed by atoms with Crippen LogP contribution in [0.25, 0.3) is 0 Å². The molecule has 0 saturated carbocycles. The minimum absolute atomic E-state index is 0.00407. The Morgan fingerprint density at radius 2 is 2.06 bits per heavy atom. The van der Waals surface area contributed by atoms with Crippen LogP contribution in [-0.2, 0) is 0 Å². The molecule has 1 aromatic carbocycles. The van der Waals surface area contributed by atoms with Crippen LogP contribution < -0.4 is 4.90 Å². The van der Waals surface area contributed by atoms with Gasteiger partial charge in [0.2, 0.25) is 5.28 Å². The van der Waals surface area contributed by atoms with E-state index in [0.717, 1.165) is 6.20 Å². The summed E-state index contributed by atoms with van der Waals surface area (Å²) in [4.78, 5) is 8.67. The van der Waals surface area contributed by atoms with Gasteiger partial charge in [0.15, 0.2) is 11.6 Å². The fourth-order valence-electron chi connectivity index (χ4n) is 1.38. The summed E-state index contributed by atoms with van der Waals surface area (Å²) >= 11 is 5.59. The highest BCUT2D eigenvalue weighted by atomic mass is 35.5. The van der Waals surface area contributed by atoms with Crippen LogP contribution in [0.5, 0.6) is 0 Å². The lowest BCUT2D eigenvalue weighted by molar-refractivity contribution is 0.612. The van der Waals surface area contributed by atoms with Gasteiger partial charge in [0, 0.05) is 12.7 Å². The second-order valence-electron chi connectivity index (χ2n) is 3.35. The molecule has 6 heteroatoms. The van der Waals surface area contributed by atoms with Crippen molar-refractivity contribution in [3.63, 3.8) is 0 Å². The molecule has 0 aliphatic carbocycles. The second-order valence-corrected chi connectivity index (χ2v) is 3.69. The maximum absolute atomic E-state index is 13.5. The van der Waals surface area contributed by atoms with E-state index in [0.29, 0.717) is 5.69 Å². The summed E-state index contributed by atoms with van der Waals surface area (Å²) < 4.78 is 26.5. The van der Waals surface area contributed by atoms with Gasteiger partial charge in [-0.2, -0.15) is 4.98 Å². The van der Waals surface area contributed by atoms with Crippen molar-refractivity contribution in [1.29, 1.82) is 0 Å². The molecule has 0 amide bonds. The third kappa shape index (κ3) is 2.50. The molecule has 0 aliphatic heterocycles. The van der Waals surface area contributed by atoms with Crippen molar-refractivity contribution in [3.8, 4) is 0 Å². The summed E-state index contributed by atoms with van der Waals surface area (Å²) in [6.45, 7) is 0. The van der Waals surface area contributed by atoms with E-state index in [4.69, 9.17) is 11.6 Å². The SMILES string of the molecule is CN(c1cccc(F)c1)c1nc(Cl)ncc1F. The Morgan fingerprint density at radius 3 is 2.76 bits per heavy atom. The highest BCUT2D eigenvalue weighted by Gasteiger charge is 2.13. The van der Waals surface area contributed by atoms with Gasteiger partial charge in [-0.1, -0.05) is 6.07 Å². The number of benzene rings is 1. The van der Waals surface area contributed by atoms with E-state index in [1.54, 1.807) is 13.1 Å². The molecule has 0 fully saturated rings. The van der Waals surface area contributed by atoms with Crippen molar-refractivity contribution in [3.05, 3.63) is 47.4 Å². The summed E-state index contributed by atoms with van der Waals surface area (Å²) in [5.41, 5.74) is 0.471. The molecule has 0 N–H and O–H groups in total. The van der Waals surface area contributed by atoms with Gasteiger partial charge in [-0.25, -0.2) is 13.8 Å². The number of nitrogens with zero attached hydrogens (tertiary/aromatic N) is 3. The zero-order valence-corrected chi connectivity index (χ0v) is 9.62. The minimum atomic E-state index is -0.624. The molecule has 3 nitrogen and oxygen atoms in total. The molecule has 88 valence electrons. The minimum Gasteiger partial charge on any atom is -0.327 e. The summed E-state index contributed by atoms with van der Waals surface area (Å²) in [6.07, 6.45) is 0.973. The smallest absolute Gasteiger partial charge is 0.224 e. The Kier molecular flexibility index (Phi) is 3.19. The quantitative estimate of drug-likeness (QED) is 0.772. The zero-order valence-electron chi connectivity index (χ0n) is 8.86. The molecule has 0 radical (unpaired) electrons. The van der Waals surface area contributed by atoms with Gasteiger partial charge in [-0.05, 0) is 29.8 Å². The lowest BCUT2D eigenvalue weighted by Gasteiger charge is -2.18. The predicted octanol–water partition coefficient (Wildman–Crippen LogP) is 3.18. The maximum atomic E-state index is 13.5. The van der Waals surface area contributed by atoms with Crippen molar-refractivity contribution in [2.24, 2.45) is 0 Å². The zero-order chi connectivity index (χ0) is 12.4. The molecule has 0 aliphatic rings. The predicted molar refractivity (Wildman–Crippen MR) is 61.5 cm³/mol. The number of hydrogen-bond acceptors (Lipinski definition) is 3. The summed E-state index contributed by atoms with van der Waals surface area (Å²) in [5.74, 6) is -1.04. The van der Waals surface area contributed by atoms with Crippen LogP contribution >= 0.6 is 11.6 Å². The molecule has 0 bridgehead atoms. The summed E-state index contributed by atoms with van der Waals surface area (Å²) in [6, 6.07) is 5.75. The van der Waals surface area contributed by atoms with Crippen LogP contribution in [-0.4, -0.2) is 17.0 Å². The van der Waals surface area contributed by atoms with Gasteiger partial charge in [0.25, 0.3) is 0 Å². The summed E-state index contributed by atoms with van der Waals surface area (Å²) in [5, 5.41) is -0.0651. The van der Waals surface area contributed by atoms with Crippen LogP contribution in [0.2, 0.25) is 5.28 Å². The Labute approximate surface area is 102 Å². The Bertz CT molecular complexity index is 548. The maximum Gasteiger partial charge on any atom is 0.224 e. The van der Waals surface area contributed by atoms with E-state index < -0.39 is 11.6 Å². The van der Waals surface area contributed by atoms with Gasteiger partial charge >= 0.3 is 0 Å². The largest absolute Gasteiger partial charge is 0.327 e. The van der Waals surface area contributed by atoms with E-state index in [2.05, 4.69) is 9.97 Å². The molecule has 2 rings (SSSR count). The van der Waals surface area contributed by atoms with Crippen molar-refractivity contribution >= 4 is 23.1 Å². The lowest BCUT2D eigenvalue weighted by Crippen LogP contribution is -2.13. The first-order valence-corrected chi connectivity index (χ1v) is 5.13. The van der Waals surface area contributed by atoms with Crippen LogP contribution in [0.15, 0.2) is 30.5 Å².